The van der Waals surface area contributed by atoms with Crippen LogP contribution >= 0.6 is 11.6 Å². The maximum atomic E-state index is 13.3. The Morgan fingerprint density at radius 1 is 1.19 bits per heavy atom. The van der Waals surface area contributed by atoms with Gasteiger partial charge in [0, 0.05) is 19.3 Å². The first-order chi connectivity index (χ1) is 14.9. The number of amides is 4. The lowest BCUT2D eigenvalue weighted by Crippen LogP contribution is -2.46. The molecule has 0 bridgehead atoms. The van der Waals surface area contributed by atoms with Crippen LogP contribution in [0.5, 0.6) is 5.75 Å². The molecule has 1 aliphatic rings. The number of ether oxygens (including phenoxy) is 1. The minimum absolute atomic E-state index is 0.00647. The summed E-state index contributed by atoms with van der Waals surface area (Å²) in [6.07, 6.45) is 0. The second-order valence-electron chi connectivity index (χ2n) is 6.74. The Kier molecular flexibility index (Phi) is 7.32. The molecule has 1 heterocycles. The normalized spacial score (nSPS) is 13.3. The highest BCUT2D eigenvalue weighted by molar-refractivity contribution is 6.34. The molecule has 0 saturated heterocycles. The third-order valence-corrected chi connectivity index (χ3v) is 5.04. The number of urea groups is 1. The first-order valence-electron chi connectivity index (χ1n) is 9.61. The van der Waals surface area contributed by atoms with Crippen LogP contribution in [0.4, 0.5) is 10.5 Å². The molecule has 4 amide bonds. The predicted octanol–water partition coefficient (Wildman–Crippen LogP) is 1.59. The van der Waals surface area contributed by atoms with Gasteiger partial charge in [-0.2, -0.15) is 0 Å². The van der Waals surface area contributed by atoms with Crippen LogP contribution in [0.1, 0.15) is 15.9 Å². The van der Waals surface area contributed by atoms with Gasteiger partial charge in [0.2, 0.25) is 5.91 Å². The zero-order valence-corrected chi connectivity index (χ0v) is 17.7. The number of fused-ring (bicyclic) bond motifs is 1. The Balaban J connectivity index is 1.88. The SMILES string of the molecule is CNC(=O)NCN1Cc2ccccc2N(C(=O)c2ccc(OCCO)cc2Cl)CC1=O. The highest BCUT2D eigenvalue weighted by atomic mass is 35.5. The first kappa shape index (κ1) is 22.4. The number of hydrogen-bond acceptors (Lipinski definition) is 5. The maximum absolute atomic E-state index is 13.3. The highest BCUT2D eigenvalue weighted by Crippen LogP contribution is 2.30. The van der Waals surface area contributed by atoms with Gasteiger partial charge in [0.1, 0.15) is 18.9 Å². The van der Waals surface area contributed by atoms with Crippen molar-refractivity contribution < 1.29 is 24.2 Å². The summed E-state index contributed by atoms with van der Waals surface area (Å²) >= 11 is 6.32. The molecule has 31 heavy (non-hydrogen) atoms. The van der Waals surface area contributed by atoms with Crippen molar-refractivity contribution in [3.05, 3.63) is 58.6 Å². The molecule has 0 aliphatic carbocycles. The highest BCUT2D eigenvalue weighted by Gasteiger charge is 2.30. The van der Waals surface area contributed by atoms with E-state index in [9.17, 15) is 14.4 Å². The van der Waals surface area contributed by atoms with E-state index in [2.05, 4.69) is 10.6 Å². The van der Waals surface area contributed by atoms with Gasteiger partial charge in [-0.1, -0.05) is 29.8 Å². The van der Waals surface area contributed by atoms with Crippen molar-refractivity contribution in [2.45, 2.75) is 6.54 Å². The molecule has 9 nitrogen and oxygen atoms in total. The molecule has 0 fully saturated rings. The van der Waals surface area contributed by atoms with E-state index in [1.54, 1.807) is 18.2 Å². The zero-order valence-electron chi connectivity index (χ0n) is 16.9. The van der Waals surface area contributed by atoms with Gasteiger partial charge in [-0.05, 0) is 29.8 Å². The van der Waals surface area contributed by atoms with E-state index in [1.165, 1.54) is 29.0 Å². The summed E-state index contributed by atoms with van der Waals surface area (Å²) in [4.78, 5) is 40.6. The number of nitrogens with one attached hydrogen (secondary N) is 2. The third kappa shape index (κ3) is 5.25. The van der Waals surface area contributed by atoms with Crippen molar-refractivity contribution in [2.75, 3.05) is 38.4 Å². The maximum Gasteiger partial charge on any atom is 0.315 e. The van der Waals surface area contributed by atoms with E-state index < -0.39 is 11.9 Å². The average Bonchev–Trinajstić information content (AvgIpc) is 2.92. The average molecular weight is 447 g/mol. The molecule has 3 N–H and O–H groups in total. The second-order valence-corrected chi connectivity index (χ2v) is 7.15. The molecule has 0 unspecified atom stereocenters. The summed E-state index contributed by atoms with van der Waals surface area (Å²) in [7, 11) is 1.49. The lowest BCUT2D eigenvalue weighted by atomic mass is 10.1. The molecule has 10 heteroatoms. The fourth-order valence-electron chi connectivity index (χ4n) is 3.17. The molecule has 0 atom stereocenters. The molecule has 1 aliphatic heterocycles. The summed E-state index contributed by atoms with van der Waals surface area (Å²) in [6.45, 7) is 0.00906. The first-order valence-corrected chi connectivity index (χ1v) is 9.98. The van der Waals surface area contributed by atoms with Crippen LogP contribution in [0, 0.1) is 0 Å². The molecule has 3 rings (SSSR count). The number of rotatable bonds is 6. The molecule has 0 saturated carbocycles. The molecule has 0 radical (unpaired) electrons. The van der Waals surface area contributed by atoms with Crippen LogP contribution in [0.3, 0.4) is 0 Å². The minimum Gasteiger partial charge on any atom is -0.491 e. The van der Waals surface area contributed by atoms with E-state index in [0.717, 1.165) is 5.56 Å². The van der Waals surface area contributed by atoms with Crippen LogP contribution in [0.15, 0.2) is 42.5 Å². The smallest absolute Gasteiger partial charge is 0.315 e. The number of carbonyl (C=O) groups is 3. The summed E-state index contributed by atoms with van der Waals surface area (Å²) in [6, 6.07) is 11.4. The van der Waals surface area contributed by atoms with Gasteiger partial charge >= 0.3 is 6.03 Å². The van der Waals surface area contributed by atoms with Crippen LogP contribution in [-0.4, -0.2) is 61.3 Å². The molecular weight excluding hydrogens is 424 g/mol. The Bertz CT molecular complexity index is 984. The van der Waals surface area contributed by atoms with Gasteiger partial charge in [-0.15, -0.1) is 0 Å². The van der Waals surface area contributed by atoms with E-state index in [1.807, 2.05) is 12.1 Å². The molecule has 164 valence electrons. The molecule has 2 aromatic rings. The van der Waals surface area contributed by atoms with Gasteiger partial charge in [0.05, 0.1) is 23.9 Å². The lowest BCUT2D eigenvalue weighted by molar-refractivity contribution is -0.130. The monoisotopic (exact) mass is 446 g/mol. The van der Waals surface area contributed by atoms with Gasteiger partial charge < -0.3 is 25.4 Å². The molecule has 0 aromatic heterocycles. The lowest BCUT2D eigenvalue weighted by Gasteiger charge is -2.23. The van der Waals surface area contributed by atoms with Crippen LogP contribution in [0.25, 0.3) is 0 Å². The number of halogens is 1. The van der Waals surface area contributed by atoms with Crippen molar-refractivity contribution in [1.29, 1.82) is 0 Å². The summed E-state index contributed by atoms with van der Waals surface area (Å²) in [5, 5.41) is 14.1. The Morgan fingerprint density at radius 2 is 1.97 bits per heavy atom. The van der Waals surface area contributed by atoms with E-state index in [0.29, 0.717) is 11.4 Å². The Hall–Kier alpha value is -3.30. The predicted molar refractivity (Wildman–Crippen MR) is 115 cm³/mol. The van der Waals surface area contributed by atoms with E-state index in [-0.39, 0.29) is 49.5 Å². The number of benzene rings is 2. The summed E-state index contributed by atoms with van der Waals surface area (Å²) < 4.78 is 5.32. The fraction of sp³-hybridized carbons (Fsp3) is 0.286. The molecular formula is C21H23ClN4O5. The third-order valence-electron chi connectivity index (χ3n) is 4.72. The molecule has 0 spiro atoms. The number of anilines is 1. The number of aliphatic hydroxyl groups is 1. The van der Waals surface area contributed by atoms with Crippen LogP contribution < -0.4 is 20.3 Å². The van der Waals surface area contributed by atoms with Gasteiger partial charge in [0.25, 0.3) is 5.91 Å². The Labute approximate surface area is 184 Å². The van der Waals surface area contributed by atoms with Crippen LogP contribution in [-0.2, 0) is 11.3 Å². The van der Waals surface area contributed by atoms with E-state index >= 15 is 0 Å². The van der Waals surface area contributed by atoms with Crippen molar-refractivity contribution in [3.8, 4) is 5.75 Å². The number of nitrogens with zero attached hydrogens (tertiary/aromatic N) is 2. The number of carbonyl (C=O) groups excluding carboxylic acids is 3. The Morgan fingerprint density at radius 3 is 2.68 bits per heavy atom. The van der Waals surface area contributed by atoms with Crippen molar-refractivity contribution in [2.24, 2.45) is 0 Å². The van der Waals surface area contributed by atoms with Crippen molar-refractivity contribution in [1.82, 2.24) is 15.5 Å². The van der Waals surface area contributed by atoms with Crippen molar-refractivity contribution in [3.63, 3.8) is 0 Å². The van der Waals surface area contributed by atoms with Gasteiger partial charge in [0.15, 0.2) is 0 Å². The topological polar surface area (TPSA) is 111 Å². The van der Waals surface area contributed by atoms with E-state index in [4.69, 9.17) is 21.4 Å². The van der Waals surface area contributed by atoms with Gasteiger partial charge in [-0.25, -0.2) is 4.79 Å². The van der Waals surface area contributed by atoms with Crippen LogP contribution in [0.2, 0.25) is 5.02 Å². The number of hydrogen-bond donors (Lipinski definition) is 3. The fourth-order valence-corrected chi connectivity index (χ4v) is 3.42. The quantitative estimate of drug-likeness (QED) is 0.624. The number of para-hydroxylation sites is 1. The minimum atomic E-state index is -0.430. The second kappa shape index (κ2) is 10.1. The van der Waals surface area contributed by atoms with Gasteiger partial charge in [-0.3, -0.25) is 14.5 Å². The summed E-state index contributed by atoms with van der Waals surface area (Å²) in [5.41, 5.74) is 1.58. The summed E-state index contributed by atoms with van der Waals surface area (Å²) in [5.74, 6) is -0.324. The number of aliphatic hydroxyl groups excluding tert-OH is 1. The largest absolute Gasteiger partial charge is 0.491 e. The van der Waals surface area contributed by atoms with Crippen molar-refractivity contribution >= 4 is 35.1 Å². The molecule has 2 aromatic carbocycles. The zero-order chi connectivity index (χ0) is 22.4. The standard InChI is InChI=1S/C21H23ClN4O5/c1-23-21(30)24-13-25-11-14-4-2-3-5-18(14)26(12-19(25)28)20(29)16-7-6-15(10-17(16)22)31-9-8-27/h2-7,10,27H,8-9,11-13H2,1H3,(H2,23,24,30).